The Bertz CT molecular complexity index is 429. The van der Waals surface area contributed by atoms with E-state index in [9.17, 15) is 13.2 Å². The number of carbonyl (C=O) groups is 1. The third-order valence-corrected chi connectivity index (χ3v) is 5.09. The van der Waals surface area contributed by atoms with Gasteiger partial charge in [0.1, 0.15) is 0 Å². The first-order chi connectivity index (χ1) is 8.52. The second kappa shape index (κ2) is 5.40. The molecule has 5 nitrogen and oxygen atoms in total. The van der Waals surface area contributed by atoms with Crippen molar-refractivity contribution in [2.24, 2.45) is 0 Å². The van der Waals surface area contributed by atoms with Crippen molar-refractivity contribution in [3.63, 3.8) is 0 Å². The van der Waals surface area contributed by atoms with Gasteiger partial charge in [-0.25, -0.2) is 8.42 Å². The van der Waals surface area contributed by atoms with Gasteiger partial charge >= 0.3 is 0 Å². The zero-order chi connectivity index (χ0) is 13.2. The fraction of sp³-hybridized carbons (Fsp3) is 0.750. The Kier molecular flexibility index (Phi) is 4.07. The minimum atomic E-state index is -2.97. The molecule has 6 heteroatoms. The Hall–Kier alpha value is -0.880. The Morgan fingerprint density at radius 3 is 2.72 bits per heavy atom. The third kappa shape index (κ3) is 3.55. The topological polar surface area (TPSA) is 66.5 Å². The van der Waals surface area contributed by atoms with Gasteiger partial charge in [-0.2, -0.15) is 0 Å². The predicted octanol–water partition coefficient (Wildman–Crippen LogP) is -0.0599. The van der Waals surface area contributed by atoms with Crippen molar-refractivity contribution in [2.45, 2.75) is 31.3 Å². The van der Waals surface area contributed by atoms with Crippen LogP contribution in [0, 0.1) is 0 Å². The highest BCUT2D eigenvalue weighted by Gasteiger charge is 2.34. The summed E-state index contributed by atoms with van der Waals surface area (Å²) in [7, 11) is -2.97. The first kappa shape index (κ1) is 13.5. The number of sulfone groups is 1. The average Bonchev–Trinajstić information content (AvgIpc) is 3.08. The van der Waals surface area contributed by atoms with Gasteiger partial charge in [-0.05, 0) is 12.8 Å². The van der Waals surface area contributed by atoms with Gasteiger partial charge in [-0.15, -0.1) is 6.58 Å². The van der Waals surface area contributed by atoms with Crippen LogP contribution in [0.25, 0.3) is 0 Å². The molecule has 0 bridgehead atoms. The first-order valence-electron chi connectivity index (χ1n) is 6.36. The van der Waals surface area contributed by atoms with Gasteiger partial charge in [0.2, 0.25) is 5.91 Å². The molecule has 1 aliphatic carbocycles. The van der Waals surface area contributed by atoms with E-state index in [1.807, 2.05) is 4.90 Å². The number of nitrogens with one attached hydrogen (secondary N) is 1. The van der Waals surface area contributed by atoms with E-state index in [0.29, 0.717) is 19.1 Å². The molecule has 1 N–H and O–H groups in total. The molecule has 0 radical (unpaired) electrons. The lowest BCUT2D eigenvalue weighted by molar-refractivity contribution is -0.131. The summed E-state index contributed by atoms with van der Waals surface area (Å²) in [6.07, 6.45) is 4.09. The van der Waals surface area contributed by atoms with E-state index >= 15 is 0 Å². The van der Waals surface area contributed by atoms with Crippen molar-refractivity contribution in [1.82, 2.24) is 10.2 Å². The minimum absolute atomic E-state index is 0.0343. The van der Waals surface area contributed by atoms with Crippen LogP contribution in [0.5, 0.6) is 0 Å². The maximum Gasteiger partial charge on any atom is 0.224 e. The fourth-order valence-corrected chi connectivity index (χ4v) is 3.75. The SMILES string of the molecule is C=CCN(C(=O)CC1CS(=O)(=O)CCN1)C1CC1. The summed E-state index contributed by atoms with van der Waals surface area (Å²) in [6.45, 7) is 4.67. The van der Waals surface area contributed by atoms with E-state index in [2.05, 4.69) is 11.9 Å². The van der Waals surface area contributed by atoms with Crippen molar-refractivity contribution in [3.8, 4) is 0 Å². The van der Waals surface area contributed by atoms with Gasteiger partial charge in [-0.3, -0.25) is 4.79 Å². The predicted molar refractivity (Wildman–Crippen MR) is 70.0 cm³/mol. The van der Waals surface area contributed by atoms with Gasteiger partial charge in [0, 0.05) is 31.6 Å². The molecule has 18 heavy (non-hydrogen) atoms. The molecule has 0 aromatic rings. The molecule has 1 heterocycles. The van der Waals surface area contributed by atoms with Crippen LogP contribution >= 0.6 is 0 Å². The quantitative estimate of drug-likeness (QED) is 0.712. The average molecular weight is 272 g/mol. The summed E-state index contributed by atoms with van der Waals surface area (Å²) in [6, 6.07) is 0.109. The molecule has 0 spiro atoms. The molecule has 1 unspecified atom stereocenters. The second-order valence-electron chi connectivity index (χ2n) is 5.04. The summed E-state index contributed by atoms with van der Waals surface area (Å²) in [5.41, 5.74) is 0. The largest absolute Gasteiger partial charge is 0.336 e. The highest BCUT2D eigenvalue weighted by atomic mass is 32.2. The summed E-state index contributed by atoms with van der Waals surface area (Å²) in [5.74, 6) is 0.286. The first-order valence-corrected chi connectivity index (χ1v) is 8.18. The van der Waals surface area contributed by atoms with Crippen LogP contribution in [0.15, 0.2) is 12.7 Å². The van der Waals surface area contributed by atoms with E-state index < -0.39 is 9.84 Å². The maximum atomic E-state index is 12.1. The van der Waals surface area contributed by atoms with Crippen molar-refractivity contribution >= 4 is 15.7 Å². The van der Waals surface area contributed by atoms with E-state index in [0.717, 1.165) is 12.8 Å². The number of amides is 1. The van der Waals surface area contributed by atoms with Crippen LogP contribution in [0.4, 0.5) is 0 Å². The molecule has 1 atom stereocenters. The molecule has 102 valence electrons. The van der Waals surface area contributed by atoms with Crippen molar-refractivity contribution in [3.05, 3.63) is 12.7 Å². The Morgan fingerprint density at radius 1 is 1.44 bits per heavy atom. The van der Waals surface area contributed by atoms with Crippen LogP contribution < -0.4 is 5.32 Å². The van der Waals surface area contributed by atoms with Crippen LogP contribution in [-0.2, 0) is 14.6 Å². The molecule has 1 amide bonds. The van der Waals surface area contributed by atoms with Gasteiger partial charge in [0.25, 0.3) is 0 Å². The van der Waals surface area contributed by atoms with E-state index in [1.54, 1.807) is 6.08 Å². The molecule has 2 fully saturated rings. The van der Waals surface area contributed by atoms with Crippen LogP contribution in [-0.4, -0.2) is 55.9 Å². The third-order valence-electron chi connectivity index (χ3n) is 3.36. The molecule has 1 saturated heterocycles. The van der Waals surface area contributed by atoms with E-state index in [4.69, 9.17) is 0 Å². The van der Waals surface area contributed by atoms with Crippen molar-refractivity contribution in [1.29, 1.82) is 0 Å². The van der Waals surface area contributed by atoms with Crippen LogP contribution in [0.2, 0.25) is 0 Å². The molecular formula is C12H20N2O3S. The molecule has 2 rings (SSSR count). The monoisotopic (exact) mass is 272 g/mol. The molecule has 0 aromatic carbocycles. The fourth-order valence-electron chi connectivity index (χ4n) is 2.31. The Morgan fingerprint density at radius 2 is 2.17 bits per heavy atom. The molecule has 2 aliphatic rings. The van der Waals surface area contributed by atoms with Gasteiger partial charge in [0.15, 0.2) is 9.84 Å². The molecule has 1 aliphatic heterocycles. The Labute approximate surface area is 108 Å². The standard InChI is InChI=1S/C12H20N2O3S/c1-2-6-14(11-3-4-11)12(15)8-10-9-18(16,17)7-5-13-10/h2,10-11,13H,1,3-9H2. The van der Waals surface area contributed by atoms with Gasteiger partial charge < -0.3 is 10.2 Å². The number of carbonyl (C=O) groups excluding carboxylic acids is 1. The normalized spacial score (nSPS) is 26.6. The summed E-state index contributed by atoms with van der Waals surface area (Å²) in [5, 5.41) is 3.11. The van der Waals surface area contributed by atoms with Gasteiger partial charge in [-0.1, -0.05) is 6.08 Å². The lowest BCUT2D eigenvalue weighted by Crippen LogP contribution is -2.48. The summed E-state index contributed by atoms with van der Waals surface area (Å²) in [4.78, 5) is 14.0. The zero-order valence-corrected chi connectivity index (χ0v) is 11.3. The zero-order valence-electron chi connectivity index (χ0n) is 10.5. The highest BCUT2D eigenvalue weighted by Crippen LogP contribution is 2.27. The summed E-state index contributed by atoms with van der Waals surface area (Å²) < 4.78 is 23.0. The van der Waals surface area contributed by atoms with Crippen LogP contribution in [0.3, 0.4) is 0 Å². The maximum absolute atomic E-state index is 12.1. The number of hydrogen-bond donors (Lipinski definition) is 1. The van der Waals surface area contributed by atoms with Crippen LogP contribution in [0.1, 0.15) is 19.3 Å². The van der Waals surface area contributed by atoms with Gasteiger partial charge in [0.05, 0.1) is 11.5 Å². The van der Waals surface area contributed by atoms with E-state index in [1.165, 1.54) is 0 Å². The number of nitrogens with zero attached hydrogens (tertiary/aromatic N) is 1. The lowest BCUT2D eigenvalue weighted by Gasteiger charge is -2.27. The smallest absolute Gasteiger partial charge is 0.224 e. The number of rotatable bonds is 5. The van der Waals surface area contributed by atoms with Crippen molar-refractivity contribution in [2.75, 3.05) is 24.6 Å². The second-order valence-corrected chi connectivity index (χ2v) is 7.26. The van der Waals surface area contributed by atoms with E-state index in [-0.39, 0.29) is 29.9 Å². The number of hydrogen-bond acceptors (Lipinski definition) is 4. The molecular weight excluding hydrogens is 252 g/mol. The molecule has 1 saturated carbocycles. The lowest BCUT2D eigenvalue weighted by atomic mass is 10.2. The Balaban J connectivity index is 1.91. The van der Waals surface area contributed by atoms with Crippen molar-refractivity contribution < 1.29 is 13.2 Å². The highest BCUT2D eigenvalue weighted by molar-refractivity contribution is 7.91. The molecule has 0 aromatic heterocycles. The minimum Gasteiger partial charge on any atom is -0.336 e. The summed E-state index contributed by atoms with van der Waals surface area (Å²) >= 11 is 0.